The fraction of sp³-hybridized carbons (Fsp3) is 0.367. The van der Waals surface area contributed by atoms with Crippen LogP contribution in [0.2, 0.25) is 0 Å². The van der Waals surface area contributed by atoms with Gasteiger partial charge < -0.3 is 28.6 Å². The number of hydrogen-bond donors (Lipinski definition) is 0. The molecule has 0 N–H and O–H groups in total. The van der Waals surface area contributed by atoms with E-state index in [2.05, 4.69) is 0 Å². The smallest absolute Gasteiger partial charge is 0.254 e. The van der Waals surface area contributed by atoms with E-state index in [4.69, 9.17) is 13.9 Å². The molecule has 206 valence electrons. The molecule has 1 fully saturated rings. The second-order valence-corrected chi connectivity index (χ2v) is 9.37. The van der Waals surface area contributed by atoms with E-state index in [0.29, 0.717) is 31.0 Å². The van der Waals surface area contributed by atoms with Crippen molar-refractivity contribution in [3.05, 3.63) is 78.1 Å². The fourth-order valence-electron chi connectivity index (χ4n) is 4.63. The van der Waals surface area contributed by atoms with Crippen LogP contribution in [0.3, 0.4) is 0 Å². The maximum Gasteiger partial charge on any atom is 0.254 e. The molecule has 3 amide bonds. The summed E-state index contributed by atoms with van der Waals surface area (Å²) in [6.07, 6.45) is 1.04. The highest BCUT2D eigenvalue weighted by atomic mass is 16.5. The summed E-state index contributed by atoms with van der Waals surface area (Å²) in [5.74, 6) is 0.777. The van der Waals surface area contributed by atoms with E-state index in [-0.39, 0.29) is 44.0 Å². The second-order valence-electron chi connectivity index (χ2n) is 9.37. The van der Waals surface area contributed by atoms with Crippen molar-refractivity contribution in [2.75, 3.05) is 46.4 Å². The second kappa shape index (κ2) is 13.1. The van der Waals surface area contributed by atoms with Crippen molar-refractivity contribution in [3.63, 3.8) is 0 Å². The highest BCUT2D eigenvalue weighted by molar-refractivity contribution is 5.97. The summed E-state index contributed by atoms with van der Waals surface area (Å²) in [5, 5.41) is 0. The van der Waals surface area contributed by atoms with Crippen LogP contribution in [0.5, 0.6) is 5.75 Å². The minimum atomic E-state index is -0.536. The monoisotopic (exact) mass is 533 g/mol. The maximum atomic E-state index is 13.6. The average molecular weight is 534 g/mol. The van der Waals surface area contributed by atoms with Crippen molar-refractivity contribution in [1.82, 2.24) is 14.7 Å². The standard InChI is InChI=1S/C30H35N3O6/c1-4-31(5-2)29(35)21-39-26-18-32(17-22-11-13-25(37-3)14-12-22)28(34)20-33(19-26)30(36)24-9-6-8-23(16-24)27-10-7-15-38-27/h6-16,26H,4-5,17-21H2,1-3H3/t26-/m1/s1. The van der Waals surface area contributed by atoms with Gasteiger partial charge in [-0.3, -0.25) is 14.4 Å². The van der Waals surface area contributed by atoms with Crippen molar-refractivity contribution < 1.29 is 28.3 Å². The minimum Gasteiger partial charge on any atom is -0.497 e. The van der Waals surface area contributed by atoms with Crippen LogP contribution < -0.4 is 4.74 Å². The molecule has 0 saturated carbocycles. The summed E-state index contributed by atoms with van der Waals surface area (Å²) in [5.41, 5.74) is 2.14. The van der Waals surface area contributed by atoms with Crippen molar-refractivity contribution in [3.8, 4) is 17.1 Å². The lowest BCUT2D eigenvalue weighted by molar-refractivity contribution is -0.138. The Morgan fingerprint density at radius 2 is 1.79 bits per heavy atom. The Hall–Kier alpha value is -4.11. The van der Waals surface area contributed by atoms with E-state index in [1.807, 2.05) is 50.2 Å². The maximum absolute atomic E-state index is 13.6. The van der Waals surface area contributed by atoms with Crippen LogP contribution in [0, 0.1) is 0 Å². The van der Waals surface area contributed by atoms with Gasteiger partial charge in [-0.2, -0.15) is 0 Å². The lowest BCUT2D eigenvalue weighted by Gasteiger charge is -2.26. The Balaban J connectivity index is 1.55. The largest absolute Gasteiger partial charge is 0.497 e. The number of carbonyl (C=O) groups excluding carboxylic acids is 3. The first-order valence-electron chi connectivity index (χ1n) is 13.1. The van der Waals surface area contributed by atoms with Crippen LogP contribution in [-0.4, -0.2) is 85.0 Å². The Morgan fingerprint density at radius 1 is 1.03 bits per heavy atom. The molecule has 0 spiro atoms. The van der Waals surface area contributed by atoms with E-state index >= 15 is 0 Å². The first kappa shape index (κ1) is 27.9. The van der Waals surface area contributed by atoms with Crippen LogP contribution >= 0.6 is 0 Å². The SMILES string of the molecule is CCN(CC)C(=O)CO[C@@H]1CN(Cc2ccc(OC)cc2)C(=O)CN(C(=O)c2cccc(-c3ccco3)c2)C1. The van der Waals surface area contributed by atoms with Crippen LogP contribution in [0.25, 0.3) is 11.3 Å². The van der Waals surface area contributed by atoms with E-state index in [0.717, 1.165) is 16.9 Å². The van der Waals surface area contributed by atoms with Gasteiger partial charge in [0.2, 0.25) is 11.8 Å². The topological polar surface area (TPSA) is 92.5 Å². The van der Waals surface area contributed by atoms with Gasteiger partial charge in [0.05, 0.1) is 19.5 Å². The van der Waals surface area contributed by atoms with Crippen molar-refractivity contribution in [2.45, 2.75) is 26.5 Å². The molecule has 1 aliphatic heterocycles. The Bertz CT molecular complexity index is 1250. The number of ether oxygens (including phenoxy) is 2. The number of benzene rings is 2. The highest BCUT2D eigenvalue weighted by Crippen LogP contribution is 2.23. The molecule has 1 saturated heterocycles. The highest BCUT2D eigenvalue weighted by Gasteiger charge is 2.32. The van der Waals surface area contributed by atoms with Gasteiger partial charge in [-0.15, -0.1) is 0 Å². The minimum absolute atomic E-state index is 0.0934. The molecule has 4 rings (SSSR count). The molecule has 9 nitrogen and oxygen atoms in total. The van der Waals surface area contributed by atoms with Gasteiger partial charge >= 0.3 is 0 Å². The van der Waals surface area contributed by atoms with Crippen LogP contribution in [0.15, 0.2) is 71.3 Å². The number of nitrogens with zero attached hydrogens (tertiary/aromatic N) is 3. The third kappa shape index (κ3) is 7.06. The zero-order chi connectivity index (χ0) is 27.8. The lowest BCUT2D eigenvalue weighted by Crippen LogP contribution is -2.41. The summed E-state index contributed by atoms with van der Waals surface area (Å²) in [4.78, 5) is 44.5. The number of amides is 3. The third-order valence-corrected chi connectivity index (χ3v) is 6.82. The molecule has 1 atom stereocenters. The lowest BCUT2D eigenvalue weighted by atomic mass is 10.1. The molecule has 1 aliphatic rings. The van der Waals surface area contributed by atoms with E-state index in [9.17, 15) is 14.4 Å². The molecule has 2 heterocycles. The van der Waals surface area contributed by atoms with Crippen LogP contribution in [0.1, 0.15) is 29.8 Å². The first-order chi connectivity index (χ1) is 18.9. The molecule has 2 aromatic carbocycles. The predicted molar refractivity (Wildman–Crippen MR) is 146 cm³/mol. The Morgan fingerprint density at radius 3 is 2.46 bits per heavy atom. The summed E-state index contributed by atoms with van der Waals surface area (Å²) < 4.78 is 16.8. The van der Waals surface area contributed by atoms with E-state index in [1.165, 1.54) is 4.90 Å². The molecule has 39 heavy (non-hydrogen) atoms. The molecule has 1 aromatic heterocycles. The molecule has 9 heteroatoms. The van der Waals surface area contributed by atoms with Gasteiger partial charge in [-0.05, 0) is 55.8 Å². The van der Waals surface area contributed by atoms with Gasteiger partial charge in [-0.1, -0.05) is 24.3 Å². The van der Waals surface area contributed by atoms with Gasteiger partial charge in [0.1, 0.15) is 24.7 Å². The number of carbonyl (C=O) groups is 3. The zero-order valence-electron chi connectivity index (χ0n) is 22.7. The van der Waals surface area contributed by atoms with Crippen molar-refractivity contribution in [2.24, 2.45) is 0 Å². The van der Waals surface area contributed by atoms with Gasteiger partial charge in [-0.25, -0.2) is 0 Å². The average Bonchev–Trinajstić information content (AvgIpc) is 3.46. The zero-order valence-corrected chi connectivity index (χ0v) is 22.7. The number of rotatable bonds is 10. The van der Waals surface area contributed by atoms with Crippen molar-refractivity contribution >= 4 is 17.7 Å². The van der Waals surface area contributed by atoms with Gasteiger partial charge in [0.25, 0.3) is 5.91 Å². The summed E-state index contributed by atoms with van der Waals surface area (Å²) in [6.45, 7) is 5.58. The first-order valence-corrected chi connectivity index (χ1v) is 13.1. The number of furan rings is 1. The quantitative estimate of drug-likeness (QED) is 0.395. The number of methoxy groups -OCH3 is 1. The molecule has 0 unspecified atom stereocenters. The number of likely N-dealkylation sites (N-methyl/N-ethyl adjacent to an activating group) is 1. The summed E-state index contributed by atoms with van der Waals surface area (Å²) in [6, 6.07) is 18.2. The van der Waals surface area contributed by atoms with Gasteiger partial charge in [0.15, 0.2) is 0 Å². The number of hydrogen-bond acceptors (Lipinski definition) is 6. The van der Waals surface area contributed by atoms with Crippen LogP contribution in [-0.2, 0) is 20.9 Å². The molecule has 3 aromatic rings. The molecule has 0 radical (unpaired) electrons. The fourth-order valence-corrected chi connectivity index (χ4v) is 4.63. The predicted octanol–water partition coefficient (Wildman–Crippen LogP) is 3.69. The van der Waals surface area contributed by atoms with Crippen LogP contribution in [0.4, 0.5) is 0 Å². The molecule has 0 bridgehead atoms. The summed E-state index contributed by atoms with van der Waals surface area (Å²) >= 11 is 0. The van der Waals surface area contributed by atoms with Gasteiger partial charge in [0, 0.05) is 43.9 Å². The molecule has 0 aliphatic carbocycles. The Kier molecular flexibility index (Phi) is 9.38. The molecular formula is C30H35N3O6. The Labute approximate surface area is 228 Å². The van der Waals surface area contributed by atoms with Crippen molar-refractivity contribution in [1.29, 1.82) is 0 Å². The summed E-state index contributed by atoms with van der Waals surface area (Å²) in [7, 11) is 1.60. The normalized spacial score (nSPS) is 15.7. The van der Waals surface area contributed by atoms with E-state index in [1.54, 1.807) is 47.4 Å². The van der Waals surface area contributed by atoms with E-state index < -0.39 is 6.10 Å². The third-order valence-electron chi connectivity index (χ3n) is 6.82. The molecular weight excluding hydrogens is 498 g/mol.